The van der Waals surface area contributed by atoms with E-state index in [9.17, 15) is 13.2 Å². The van der Waals surface area contributed by atoms with Crippen molar-refractivity contribution >= 4 is 0 Å². The molecular weight excluding hydrogens is 265 g/mol. The van der Waals surface area contributed by atoms with E-state index in [0.717, 1.165) is 39.1 Å². The second kappa shape index (κ2) is 6.59. The zero-order chi connectivity index (χ0) is 14.6. The lowest BCUT2D eigenvalue weighted by Gasteiger charge is -2.34. The molecule has 5 heteroatoms. The molecule has 0 aliphatic carbocycles. The number of piperazine rings is 1. The lowest BCUT2D eigenvalue weighted by atomic mass is 10.1. The van der Waals surface area contributed by atoms with Gasteiger partial charge in [0.25, 0.3) is 0 Å². The number of hydrogen-bond donors (Lipinski definition) is 0. The number of hydrogen-bond acceptors (Lipinski definition) is 2. The summed E-state index contributed by atoms with van der Waals surface area (Å²) in [6.45, 7) is 7.18. The first-order chi connectivity index (χ1) is 9.50. The van der Waals surface area contributed by atoms with E-state index in [0.29, 0.717) is 12.1 Å². The van der Waals surface area contributed by atoms with Crippen molar-refractivity contribution in [1.29, 1.82) is 0 Å². The van der Waals surface area contributed by atoms with Gasteiger partial charge < -0.3 is 4.90 Å². The molecule has 0 atom stereocenters. The number of benzene rings is 1. The third-order valence-corrected chi connectivity index (χ3v) is 3.72. The molecular formula is C15H21F3N2. The van der Waals surface area contributed by atoms with Gasteiger partial charge in [-0.3, -0.25) is 4.90 Å². The lowest BCUT2D eigenvalue weighted by molar-refractivity contribution is -0.138. The average Bonchev–Trinajstić information content (AvgIpc) is 2.41. The second-order valence-electron chi connectivity index (χ2n) is 5.27. The van der Waals surface area contributed by atoms with Crippen molar-refractivity contribution in [3.8, 4) is 0 Å². The van der Waals surface area contributed by atoms with Crippen molar-refractivity contribution in [2.45, 2.75) is 26.1 Å². The van der Waals surface area contributed by atoms with Crippen molar-refractivity contribution in [3.63, 3.8) is 0 Å². The maximum absolute atomic E-state index is 12.9. The third-order valence-electron chi connectivity index (χ3n) is 3.72. The summed E-state index contributed by atoms with van der Waals surface area (Å²) >= 11 is 0. The summed E-state index contributed by atoms with van der Waals surface area (Å²) in [5.41, 5.74) is -0.125. The molecule has 1 aliphatic heterocycles. The van der Waals surface area contributed by atoms with E-state index < -0.39 is 11.7 Å². The predicted octanol–water partition coefficient (Wildman–Crippen LogP) is 3.23. The van der Waals surface area contributed by atoms with Gasteiger partial charge in [0.2, 0.25) is 0 Å². The quantitative estimate of drug-likeness (QED) is 0.838. The molecule has 0 spiro atoms. The number of nitrogens with zero attached hydrogens (tertiary/aromatic N) is 2. The first-order valence-corrected chi connectivity index (χ1v) is 7.10. The molecule has 1 heterocycles. The molecule has 0 N–H and O–H groups in total. The van der Waals surface area contributed by atoms with Crippen LogP contribution in [0.3, 0.4) is 0 Å². The molecule has 2 rings (SSSR count). The standard InChI is InChI=1S/C15H21F3N2/c1-2-7-19-8-10-20(11-9-19)12-13-5-3-4-6-14(13)15(16,17)18/h3-6H,2,7-12H2,1H3. The minimum atomic E-state index is -4.26. The highest BCUT2D eigenvalue weighted by Crippen LogP contribution is 2.32. The molecule has 0 amide bonds. The molecule has 1 saturated heterocycles. The second-order valence-corrected chi connectivity index (χ2v) is 5.27. The number of halogens is 3. The summed E-state index contributed by atoms with van der Waals surface area (Å²) < 4.78 is 38.8. The van der Waals surface area contributed by atoms with Crippen molar-refractivity contribution in [3.05, 3.63) is 35.4 Å². The monoisotopic (exact) mass is 286 g/mol. The van der Waals surface area contributed by atoms with Crippen LogP contribution in [-0.2, 0) is 12.7 Å². The van der Waals surface area contributed by atoms with E-state index in [4.69, 9.17) is 0 Å². The van der Waals surface area contributed by atoms with Crippen molar-refractivity contribution in [2.75, 3.05) is 32.7 Å². The van der Waals surface area contributed by atoms with Gasteiger partial charge in [0.15, 0.2) is 0 Å². The first-order valence-electron chi connectivity index (χ1n) is 7.10. The molecule has 2 nitrogen and oxygen atoms in total. The van der Waals surface area contributed by atoms with Crippen LogP contribution < -0.4 is 0 Å². The molecule has 0 aromatic heterocycles. The topological polar surface area (TPSA) is 6.48 Å². The van der Waals surface area contributed by atoms with E-state index >= 15 is 0 Å². The molecule has 0 bridgehead atoms. The Kier molecular flexibility index (Phi) is 5.05. The molecule has 0 radical (unpaired) electrons. The van der Waals surface area contributed by atoms with E-state index in [2.05, 4.69) is 16.7 Å². The Morgan fingerprint density at radius 3 is 2.20 bits per heavy atom. The van der Waals surface area contributed by atoms with E-state index in [1.165, 1.54) is 12.1 Å². The average molecular weight is 286 g/mol. The van der Waals surface area contributed by atoms with Crippen LogP contribution in [0.4, 0.5) is 13.2 Å². The molecule has 0 unspecified atom stereocenters. The summed E-state index contributed by atoms with van der Waals surface area (Å²) in [5.74, 6) is 0. The minimum absolute atomic E-state index is 0.379. The fourth-order valence-corrected chi connectivity index (χ4v) is 2.66. The van der Waals surface area contributed by atoms with Gasteiger partial charge in [-0.15, -0.1) is 0 Å². The zero-order valence-corrected chi connectivity index (χ0v) is 11.8. The van der Waals surface area contributed by atoms with Crippen molar-refractivity contribution in [2.24, 2.45) is 0 Å². The Morgan fingerprint density at radius 1 is 1.00 bits per heavy atom. The van der Waals surface area contributed by atoms with Crippen LogP contribution in [0.1, 0.15) is 24.5 Å². The van der Waals surface area contributed by atoms with Gasteiger partial charge >= 0.3 is 6.18 Å². The molecule has 112 valence electrons. The summed E-state index contributed by atoms with van der Waals surface area (Å²) in [6.07, 6.45) is -3.14. The highest BCUT2D eigenvalue weighted by molar-refractivity contribution is 5.29. The highest BCUT2D eigenvalue weighted by atomic mass is 19.4. The Bertz CT molecular complexity index is 423. The van der Waals surface area contributed by atoms with Crippen LogP contribution in [0.15, 0.2) is 24.3 Å². The summed E-state index contributed by atoms with van der Waals surface area (Å²) in [4.78, 5) is 4.48. The Labute approximate surface area is 118 Å². The third kappa shape index (κ3) is 3.96. The van der Waals surface area contributed by atoms with Gasteiger partial charge in [-0.25, -0.2) is 0 Å². The fourth-order valence-electron chi connectivity index (χ4n) is 2.66. The molecule has 1 fully saturated rings. The number of rotatable bonds is 4. The smallest absolute Gasteiger partial charge is 0.301 e. The largest absolute Gasteiger partial charge is 0.416 e. The molecule has 0 saturated carbocycles. The normalized spacial score (nSPS) is 18.4. The molecule has 1 aromatic carbocycles. The summed E-state index contributed by atoms with van der Waals surface area (Å²) in [6, 6.07) is 5.88. The Hall–Kier alpha value is -1.07. The van der Waals surface area contributed by atoms with Crippen LogP contribution in [0.5, 0.6) is 0 Å². The molecule has 1 aliphatic rings. The van der Waals surface area contributed by atoms with Crippen LogP contribution in [-0.4, -0.2) is 42.5 Å². The van der Waals surface area contributed by atoms with Crippen LogP contribution in [0.2, 0.25) is 0 Å². The van der Waals surface area contributed by atoms with E-state index in [1.54, 1.807) is 12.1 Å². The summed E-state index contributed by atoms with van der Waals surface area (Å²) in [7, 11) is 0. The van der Waals surface area contributed by atoms with Gasteiger partial charge in [-0.1, -0.05) is 25.1 Å². The maximum Gasteiger partial charge on any atom is 0.416 e. The van der Waals surface area contributed by atoms with Crippen molar-refractivity contribution < 1.29 is 13.2 Å². The minimum Gasteiger partial charge on any atom is -0.301 e. The van der Waals surface area contributed by atoms with Gasteiger partial charge in [0.05, 0.1) is 5.56 Å². The highest BCUT2D eigenvalue weighted by Gasteiger charge is 2.33. The van der Waals surface area contributed by atoms with Crippen LogP contribution in [0, 0.1) is 0 Å². The number of alkyl halides is 3. The predicted molar refractivity (Wildman–Crippen MR) is 73.5 cm³/mol. The van der Waals surface area contributed by atoms with Gasteiger partial charge in [0.1, 0.15) is 0 Å². The maximum atomic E-state index is 12.9. The molecule has 1 aromatic rings. The van der Waals surface area contributed by atoms with Crippen LogP contribution >= 0.6 is 0 Å². The van der Waals surface area contributed by atoms with Gasteiger partial charge in [-0.2, -0.15) is 13.2 Å². The Morgan fingerprint density at radius 2 is 1.60 bits per heavy atom. The molecule has 20 heavy (non-hydrogen) atoms. The van der Waals surface area contributed by atoms with E-state index in [1.807, 2.05) is 0 Å². The lowest BCUT2D eigenvalue weighted by Crippen LogP contribution is -2.46. The SMILES string of the molecule is CCCN1CCN(Cc2ccccc2C(F)(F)F)CC1. The Balaban J connectivity index is 1.98. The first kappa shape index (κ1) is 15.3. The fraction of sp³-hybridized carbons (Fsp3) is 0.600. The van der Waals surface area contributed by atoms with E-state index in [-0.39, 0.29) is 0 Å². The summed E-state index contributed by atoms with van der Waals surface area (Å²) in [5, 5.41) is 0. The van der Waals surface area contributed by atoms with Gasteiger partial charge in [-0.05, 0) is 24.6 Å². The van der Waals surface area contributed by atoms with Gasteiger partial charge in [0, 0.05) is 32.7 Å². The van der Waals surface area contributed by atoms with Crippen molar-refractivity contribution in [1.82, 2.24) is 9.80 Å². The van der Waals surface area contributed by atoms with Crippen LogP contribution in [0.25, 0.3) is 0 Å². The zero-order valence-electron chi connectivity index (χ0n) is 11.8.